The first kappa shape index (κ1) is 18.4. The summed E-state index contributed by atoms with van der Waals surface area (Å²) in [6.45, 7) is 0.959. The van der Waals surface area contributed by atoms with Gasteiger partial charge in [0.15, 0.2) is 11.6 Å². The molecule has 0 unspecified atom stereocenters. The van der Waals surface area contributed by atoms with Crippen LogP contribution in [0.4, 0.5) is 4.39 Å². The van der Waals surface area contributed by atoms with Crippen molar-refractivity contribution in [1.29, 1.82) is 0 Å². The smallest absolute Gasteiger partial charge is 0.246 e. The number of benzene rings is 1. The number of nitrogens with one attached hydrogen (secondary N) is 1. The number of carbonyl (C=O) groups excluding carboxylic acids is 1. The third kappa shape index (κ3) is 5.31. The van der Waals surface area contributed by atoms with Crippen LogP contribution in [0.15, 0.2) is 24.3 Å². The van der Waals surface area contributed by atoms with Gasteiger partial charge < -0.3 is 9.64 Å². The highest BCUT2D eigenvalue weighted by atomic mass is 32.2. The van der Waals surface area contributed by atoms with E-state index in [1.165, 1.54) is 25.3 Å². The fraction of sp³-hybridized carbons (Fsp3) is 0.438. The minimum atomic E-state index is -3.23. The molecule has 1 aromatic rings. The summed E-state index contributed by atoms with van der Waals surface area (Å²) in [5.74, 6) is -0.511. The Bertz CT molecular complexity index is 726. The fourth-order valence-electron chi connectivity index (χ4n) is 2.58. The van der Waals surface area contributed by atoms with Gasteiger partial charge in [0.1, 0.15) is 0 Å². The van der Waals surface area contributed by atoms with Gasteiger partial charge in [-0.3, -0.25) is 4.79 Å². The number of piperidine rings is 1. The normalized spacial score (nSPS) is 16.5. The van der Waals surface area contributed by atoms with E-state index in [0.717, 1.165) is 6.26 Å². The molecule has 1 heterocycles. The maximum atomic E-state index is 13.6. The van der Waals surface area contributed by atoms with Gasteiger partial charge in [0.25, 0.3) is 0 Å². The number of rotatable bonds is 5. The number of hydrogen-bond acceptors (Lipinski definition) is 4. The maximum Gasteiger partial charge on any atom is 0.246 e. The molecule has 1 aliphatic heterocycles. The van der Waals surface area contributed by atoms with Gasteiger partial charge in [0, 0.05) is 25.2 Å². The van der Waals surface area contributed by atoms with Crippen LogP contribution in [0.3, 0.4) is 0 Å². The van der Waals surface area contributed by atoms with Gasteiger partial charge in [0.05, 0.1) is 13.4 Å². The van der Waals surface area contributed by atoms with Crippen LogP contribution in [0.2, 0.25) is 0 Å². The Morgan fingerprint density at radius 3 is 2.58 bits per heavy atom. The summed E-state index contributed by atoms with van der Waals surface area (Å²) in [6.07, 6.45) is 5.21. The molecule has 0 bridgehead atoms. The monoisotopic (exact) mass is 356 g/mol. The summed E-state index contributed by atoms with van der Waals surface area (Å²) < 4.78 is 43.4. The van der Waals surface area contributed by atoms with E-state index in [0.29, 0.717) is 31.5 Å². The molecule has 0 spiro atoms. The Kier molecular flexibility index (Phi) is 5.95. The number of hydrogen-bond donors (Lipinski definition) is 1. The molecule has 1 aromatic carbocycles. The van der Waals surface area contributed by atoms with E-state index >= 15 is 0 Å². The number of likely N-dealkylation sites (tertiary alicyclic amines) is 1. The molecule has 132 valence electrons. The van der Waals surface area contributed by atoms with Crippen molar-refractivity contribution in [2.75, 3.05) is 26.5 Å². The quantitative estimate of drug-likeness (QED) is 0.809. The minimum absolute atomic E-state index is 0.135. The first-order valence-corrected chi connectivity index (χ1v) is 9.45. The zero-order chi connectivity index (χ0) is 17.7. The Morgan fingerprint density at radius 2 is 2.04 bits per heavy atom. The topological polar surface area (TPSA) is 75.7 Å². The molecular weight excluding hydrogens is 335 g/mol. The highest BCUT2D eigenvalue weighted by molar-refractivity contribution is 7.88. The predicted molar refractivity (Wildman–Crippen MR) is 89.6 cm³/mol. The molecule has 8 heteroatoms. The van der Waals surface area contributed by atoms with Crippen LogP contribution >= 0.6 is 0 Å². The molecule has 2 rings (SSSR count). The van der Waals surface area contributed by atoms with Crippen molar-refractivity contribution in [2.24, 2.45) is 0 Å². The Balaban J connectivity index is 1.90. The first-order valence-electron chi connectivity index (χ1n) is 7.56. The second kappa shape index (κ2) is 7.76. The number of sulfonamides is 1. The number of nitrogens with zero attached hydrogens (tertiary/aromatic N) is 1. The SMILES string of the molecule is COc1ccc(/C=C/C(=O)N2CCC(NS(C)(=O)=O)CC2)cc1F. The molecule has 1 saturated heterocycles. The number of halogens is 1. The molecule has 0 saturated carbocycles. The largest absolute Gasteiger partial charge is 0.494 e. The van der Waals surface area contributed by atoms with E-state index < -0.39 is 15.8 Å². The van der Waals surface area contributed by atoms with Crippen LogP contribution in [0.5, 0.6) is 5.75 Å². The third-order valence-electron chi connectivity index (χ3n) is 3.78. The van der Waals surface area contributed by atoms with Gasteiger partial charge in [0.2, 0.25) is 15.9 Å². The molecule has 1 N–H and O–H groups in total. The summed E-state index contributed by atoms with van der Waals surface area (Å²) in [5.41, 5.74) is 0.565. The van der Waals surface area contributed by atoms with Crippen LogP contribution in [-0.2, 0) is 14.8 Å². The van der Waals surface area contributed by atoms with Gasteiger partial charge in [-0.15, -0.1) is 0 Å². The molecule has 0 aliphatic carbocycles. The van der Waals surface area contributed by atoms with E-state index in [-0.39, 0.29) is 17.7 Å². The summed E-state index contributed by atoms with van der Waals surface area (Å²) in [6, 6.07) is 4.32. The zero-order valence-corrected chi connectivity index (χ0v) is 14.5. The molecule has 1 amide bonds. The van der Waals surface area contributed by atoms with E-state index in [1.807, 2.05) is 0 Å². The molecule has 0 aromatic heterocycles. The second-order valence-corrected chi connectivity index (χ2v) is 7.50. The molecule has 6 nitrogen and oxygen atoms in total. The zero-order valence-electron chi connectivity index (χ0n) is 13.7. The minimum Gasteiger partial charge on any atom is -0.494 e. The second-order valence-electron chi connectivity index (χ2n) is 5.72. The van der Waals surface area contributed by atoms with Crippen molar-refractivity contribution < 1.29 is 22.3 Å². The Hall–Kier alpha value is -1.93. The molecule has 1 fully saturated rings. The Labute approximate surface area is 141 Å². The van der Waals surface area contributed by atoms with Crippen LogP contribution < -0.4 is 9.46 Å². The van der Waals surface area contributed by atoms with Crippen LogP contribution in [0.1, 0.15) is 18.4 Å². The maximum absolute atomic E-state index is 13.6. The highest BCUT2D eigenvalue weighted by Gasteiger charge is 2.23. The van der Waals surface area contributed by atoms with Gasteiger partial charge in [-0.1, -0.05) is 6.07 Å². The van der Waals surface area contributed by atoms with Gasteiger partial charge in [-0.05, 0) is 36.6 Å². The average molecular weight is 356 g/mol. The lowest BCUT2D eigenvalue weighted by Gasteiger charge is -2.31. The molecule has 0 radical (unpaired) electrons. The van der Waals surface area contributed by atoms with E-state index in [4.69, 9.17) is 4.74 Å². The van der Waals surface area contributed by atoms with Crippen LogP contribution in [0.25, 0.3) is 6.08 Å². The molecule has 1 aliphatic rings. The van der Waals surface area contributed by atoms with Crippen LogP contribution in [0, 0.1) is 5.82 Å². The number of carbonyl (C=O) groups is 1. The van der Waals surface area contributed by atoms with Gasteiger partial charge in [-0.2, -0.15) is 0 Å². The third-order valence-corrected chi connectivity index (χ3v) is 4.54. The lowest BCUT2D eigenvalue weighted by atomic mass is 10.1. The summed E-state index contributed by atoms with van der Waals surface area (Å²) in [7, 11) is -1.84. The van der Waals surface area contributed by atoms with Crippen LogP contribution in [-0.4, -0.2) is 51.7 Å². The standard InChI is InChI=1S/C16H21FN2O4S/c1-23-15-5-3-12(11-14(15)17)4-6-16(20)19-9-7-13(8-10-19)18-24(2,21)22/h3-6,11,13,18H,7-10H2,1-2H3/b6-4+. The first-order chi connectivity index (χ1) is 11.3. The molecule has 24 heavy (non-hydrogen) atoms. The van der Waals surface area contributed by atoms with Crippen molar-refractivity contribution in [3.8, 4) is 5.75 Å². The Morgan fingerprint density at radius 1 is 1.38 bits per heavy atom. The van der Waals surface area contributed by atoms with Crippen molar-refractivity contribution in [3.05, 3.63) is 35.7 Å². The van der Waals surface area contributed by atoms with E-state index in [2.05, 4.69) is 4.72 Å². The summed E-state index contributed by atoms with van der Waals surface area (Å²) in [4.78, 5) is 13.8. The average Bonchev–Trinajstić information content (AvgIpc) is 2.52. The van der Waals surface area contributed by atoms with E-state index in [1.54, 1.807) is 17.0 Å². The lowest BCUT2D eigenvalue weighted by Crippen LogP contribution is -2.45. The van der Waals surface area contributed by atoms with Gasteiger partial charge >= 0.3 is 0 Å². The molecular formula is C16H21FN2O4S. The highest BCUT2D eigenvalue weighted by Crippen LogP contribution is 2.18. The van der Waals surface area contributed by atoms with E-state index in [9.17, 15) is 17.6 Å². The van der Waals surface area contributed by atoms with Crippen molar-refractivity contribution >= 4 is 22.0 Å². The van der Waals surface area contributed by atoms with Crippen molar-refractivity contribution in [2.45, 2.75) is 18.9 Å². The molecule has 0 atom stereocenters. The lowest BCUT2D eigenvalue weighted by molar-refractivity contribution is -0.126. The number of methoxy groups -OCH3 is 1. The number of amides is 1. The fourth-order valence-corrected chi connectivity index (χ4v) is 3.42. The van der Waals surface area contributed by atoms with Gasteiger partial charge in [-0.25, -0.2) is 17.5 Å². The van der Waals surface area contributed by atoms with Crippen molar-refractivity contribution in [1.82, 2.24) is 9.62 Å². The van der Waals surface area contributed by atoms with Crippen molar-refractivity contribution in [3.63, 3.8) is 0 Å². The predicted octanol–water partition coefficient (Wildman–Crippen LogP) is 1.39. The summed E-state index contributed by atoms with van der Waals surface area (Å²) >= 11 is 0. The summed E-state index contributed by atoms with van der Waals surface area (Å²) in [5, 5.41) is 0. The number of ether oxygens (including phenoxy) is 1.